The highest BCUT2D eigenvalue weighted by molar-refractivity contribution is 6.36. The molecule has 1 N–H and O–H groups in total. The molecule has 0 saturated heterocycles. The van der Waals surface area contributed by atoms with Crippen molar-refractivity contribution in [1.82, 2.24) is 10.2 Å². The van der Waals surface area contributed by atoms with Gasteiger partial charge < -0.3 is 10.2 Å². The molecule has 30 heavy (non-hydrogen) atoms. The third-order valence-corrected chi connectivity index (χ3v) is 6.09. The predicted octanol–water partition coefficient (Wildman–Crippen LogP) is 5.57. The number of carbonyl (C=O) groups excluding carboxylic acids is 2. The summed E-state index contributed by atoms with van der Waals surface area (Å²) < 4.78 is 0. The molecule has 0 aliphatic rings. The molecular formula is C24H30Cl2N2O2. The van der Waals surface area contributed by atoms with E-state index in [9.17, 15) is 9.59 Å². The maximum absolute atomic E-state index is 13.4. The van der Waals surface area contributed by atoms with E-state index in [1.165, 1.54) is 0 Å². The fourth-order valence-electron chi connectivity index (χ4n) is 3.29. The summed E-state index contributed by atoms with van der Waals surface area (Å²) in [6.45, 7) is 8.24. The standard InChI is InChI=1S/C24H30Cl2N2O2/c1-5-17(4)27-24(30)22(6-2)28(15-18-11-8-7-10-16(18)3)23(29)14-19-20(25)12-9-13-21(19)26/h7-13,17,22H,5-6,14-15H2,1-4H3,(H,27,30). The number of amides is 2. The molecule has 0 heterocycles. The van der Waals surface area contributed by atoms with Crippen LogP contribution in [0.4, 0.5) is 0 Å². The van der Waals surface area contributed by atoms with Crippen LogP contribution in [0, 0.1) is 6.92 Å². The molecule has 4 nitrogen and oxygen atoms in total. The predicted molar refractivity (Wildman–Crippen MR) is 124 cm³/mol. The smallest absolute Gasteiger partial charge is 0.243 e. The number of aryl methyl sites for hydroxylation is 1. The highest BCUT2D eigenvalue weighted by Gasteiger charge is 2.30. The van der Waals surface area contributed by atoms with E-state index in [-0.39, 0.29) is 24.3 Å². The minimum atomic E-state index is -0.577. The Balaban J connectivity index is 2.37. The SMILES string of the molecule is CCC(C)NC(=O)C(CC)N(Cc1ccccc1C)C(=O)Cc1c(Cl)cccc1Cl. The molecule has 0 radical (unpaired) electrons. The van der Waals surface area contributed by atoms with Crippen molar-refractivity contribution in [2.45, 2.75) is 65.6 Å². The molecule has 2 unspecified atom stereocenters. The van der Waals surface area contributed by atoms with Crippen LogP contribution in [0.1, 0.15) is 50.3 Å². The monoisotopic (exact) mass is 448 g/mol. The van der Waals surface area contributed by atoms with Gasteiger partial charge in [0.25, 0.3) is 0 Å². The first-order chi connectivity index (χ1) is 14.3. The number of hydrogen-bond acceptors (Lipinski definition) is 2. The van der Waals surface area contributed by atoms with Crippen molar-refractivity contribution < 1.29 is 9.59 Å². The molecule has 162 valence electrons. The molecule has 0 fully saturated rings. The second-order valence-electron chi connectivity index (χ2n) is 7.57. The Bertz CT molecular complexity index is 865. The minimum absolute atomic E-state index is 0.0392. The average Bonchev–Trinajstić information content (AvgIpc) is 2.71. The summed E-state index contributed by atoms with van der Waals surface area (Å²) in [6, 6.07) is 12.5. The molecule has 0 saturated carbocycles. The first kappa shape index (κ1) is 24.2. The van der Waals surface area contributed by atoms with Crippen LogP contribution in [-0.2, 0) is 22.6 Å². The summed E-state index contributed by atoms with van der Waals surface area (Å²) in [7, 11) is 0. The molecule has 0 aliphatic carbocycles. The van der Waals surface area contributed by atoms with Crippen molar-refractivity contribution >= 4 is 35.0 Å². The van der Waals surface area contributed by atoms with Crippen LogP contribution in [0.2, 0.25) is 10.0 Å². The van der Waals surface area contributed by atoms with Gasteiger partial charge in [0.05, 0.1) is 6.42 Å². The van der Waals surface area contributed by atoms with E-state index in [1.54, 1.807) is 23.1 Å². The number of rotatable bonds is 9. The Kier molecular flexibility index (Phi) is 9.19. The Labute approximate surface area is 189 Å². The van der Waals surface area contributed by atoms with E-state index >= 15 is 0 Å². The molecule has 0 bridgehead atoms. The third kappa shape index (κ3) is 6.23. The summed E-state index contributed by atoms with van der Waals surface area (Å²) in [6.07, 6.45) is 1.37. The number of nitrogens with one attached hydrogen (secondary N) is 1. The van der Waals surface area contributed by atoms with E-state index in [4.69, 9.17) is 23.2 Å². The molecule has 2 amide bonds. The number of carbonyl (C=O) groups is 2. The van der Waals surface area contributed by atoms with Gasteiger partial charge in [-0.25, -0.2) is 0 Å². The lowest BCUT2D eigenvalue weighted by atomic mass is 10.0. The zero-order valence-corrected chi connectivity index (χ0v) is 19.6. The zero-order valence-electron chi connectivity index (χ0n) is 18.0. The van der Waals surface area contributed by atoms with Gasteiger partial charge in [0.2, 0.25) is 11.8 Å². The molecule has 2 aromatic carbocycles. The molecule has 0 aromatic heterocycles. The highest BCUT2D eigenvalue weighted by Crippen LogP contribution is 2.26. The fourth-order valence-corrected chi connectivity index (χ4v) is 3.82. The third-order valence-electron chi connectivity index (χ3n) is 5.38. The Morgan fingerprint density at radius 3 is 2.20 bits per heavy atom. The summed E-state index contributed by atoms with van der Waals surface area (Å²) in [5, 5.41) is 3.91. The van der Waals surface area contributed by atoms with Crippen molar-refractivity contribution in [3.8, 4) is 0 Å². The summed E-state index contributed by atoms with van der Waals surface area (Å²) in [5.74, 6) is -0.321. The van der Waals surface area contributed by atoms with Gasteiger partial charge in [-0.05, 0) is 55.5 Å². The van der Waals surface area contributed by atoms with Crippen LogP contribution in [0.5, 0.6) is 0 Å². The topological polar surface area (TPSA) is 49.4 Å². The summed E-state index contributed by atoms with van der Waals surface area (Å²) >= 11 is 12.6. The van der Waals surface area contributed by atoms with Crippen molar-refractivity contribution in [3.63, 3.8) is 0 Å². The largest absolute Gasteiger partial charge is 0.352 e. The van der Waals surface area contributed by atoms with Crippen LogP contribution >= 0.6 is 23.2 Å². The van der Waals surface area contributed by atoms with Gasteiger partial charge in [0.15, 0.2) is 0 Å². The molecule has 2 rings (SSSR count). The first-order valence-electron chi connectivity index (χ1n) is 10.4. The Morgan fingerprint density at radius 2 is 1.63 bits per heavy atom. The van der Waals surface area contributed by atoms with Gasteiger partial charge >= 0.3 is 0 Å². The fraction of sp³-hybridized carbons (Fsp3) is 0.417. The average molecular weight is 449 g/mol. The molecule has 0 aliphatic heterocycles. The van der Waals surface area contributed by atoms with Crippen molar-refractivity contribution in [3.05, 3.63) is 69.2 Å². The molecule has 0 spiro atoms. The summed E-state index contributed by atoms with van der Waals surface area (Å²) in [4.78, 5) is 28.1. The van der Waals surface area contributed by atoms with Crippen LogP contribution in [0.25, 0.3) is 0 Å². The van der Waals surface area contributed by atoms with Crippen LogP contribution in [0.3, 0.4) is 0 Å². The molecule has 2 aromatic rings. The van der Waals surface area contributed by atoms with Gasteiger partial charge in [-0.2, -0.15) is 0 Å². The van der Waals surface area contributed by atoms with E-state index in [0.717, 1.165) is 17.5 Å². The lowest BCUT2D eigenvalue weighted by Crippen LogP contribution is -2.51. The van der Waals surface area contributed by atoms with Crippen molar-refractivity contribution in [1.29, 1.82) is 0 Å². The zero-order chi connectivity index (χ0) is 22.3. The maximum Gasteiger partial charge on any atom is 0.243 e. The van der Waals surface area contributed by atoms with E-state index in [2.05, 4.69) is 5.32 Å². The Hall–Kier alpha value is -2.04. The van der Waals surface area contributed by atoms with Crippen LogP contribution in [-0.4, -0.2) is 28.8 Å². The van der Waals surface area contributed by atoms with E-state index in [0.29, 0.717) is 28.6 Å². The van der Waals surface area contributed by atoms with Gasteiger partial charge in [0.1, 0.15) is 6.04 Å². The normalized spacial score (nSPS) is 12.9. The van der Waals surface area contributed by atoms with Crippen LogP contribution < -0.4 is 5.32 Å². The van der Waals surface area contributed by atoms with Gasteiger partial charge in [-0.15, -0.1) is 0 Å². The second-order valence-corrected chi connectivity index (χ2v) is 8.38. The quantitative estimate of drug-likeness (QED) is 0.545. The van der Waals surface area contributed by atoms with Gasteiger partial charge in [0, 0.05) is 22.6 Å². The second kappa shape index (κ2) is 11.4. The van der Waals surface area contributed by atoms with Crippen LogP contribution in [0.15, 0.2) is 42.5 Å². The first-order valence-corrected chi connectivity index (χ1v) is 11.1. The van der Waals surface area contributed by atoms with Crippen molar-refractivity contribution in [2.75, 3.05) is 0 Å². The number of halogens is 2. The molecule has 2 atom stereocenters. The number of nitrogens with zero attached hydrogens (tertiary/aromatic N) is 1. The lowest BCUT2D eigenvalue weighted by Gasteiger charge is -2.32. The number of benzene rings is 2. The van der Waals surface area contributed by atoms with Gasteiger partial charge in [-0.3, -0.25) is 9.59 Å². The van der Waals surface area contributed by atoms with Crippen molar-refractivity contribution in [2.24, 2.45) is 0 Å². The molecule has 6 heteroatoms. The molecular weight excluding hydrogens is 419 g/mol. The highest BCUT2D eigenvalue weighted by atomic mass is 35.5. The minimum Gasteiger partial charge on any atom is -0.352 e. The summed E-state index contributed by atoms with van der Waals surface area (Å²) in [5.41, 5.74) is 2.66. The lowest BCUT2D eigenvalue weighted by molar-refractivity contribution is -0.141. The van der Waals surface area contributed by atoms with E-state index < -0.39 is 6.04 Å². The van der Waals surface area contributed by atoms with E-state index in [1.807, 2.05) is 52.0 Å². The van der Waals surface area contributed by atoms with Gasteiger partial charge in [-0.1, -0.05) is 67.4 Å². The number of hydrogen-bond donors (Lipinski definition) is 1. The Morgan fingerprint density at radius 1 is 1.00 bits per heavy atom. The maximum atomic E-state index is 13.4.